The summed E-state index contributed by atoms with van der Waals surface area (Å²) >= 11 is 0. The predicted octanol–water partition coefficient (Wildman–Crippen LogP) is 5.24. The Kier molecular flexibility index (Phi) is 12.8. The quantitative estimate of drug-likeness (QED) is 0.369. The molecule has 1 aliphatic carbocycles. The summed E-state index contributed by atoms with van der Waals surface area (Å²) in [6.07, 6.45) is -8.20. The van der Waals surface area contributed by atoms with Crippen LogP contribution in [0.5, 0.6) is 0 Å². The first-order chi connectivity index (χ1) is 21.5. The van der Waals surface area contributed by atoms with Gasteiger partial charge in [0.2, 0.25) is 0 Å². The van der Waals surface area contributed by atoms with Crippen molar-refractivity contribution in [3.05, 3.63) is 42.1 Å². The van der Waals surface area contributed by atoms with Crippen LogP contribution < -0.4 is 0 Å². The molecular formula is C27H30F10N4O6. The van der Waals surface area contributed by atoms with Gasteiger partial charge in [-0.15, -0.1) is 0 Å². The summed E-state index contributed by atoms with van der Waals surface area (Å²) in [4.78, 5) is 36.7. The molecule has 1 saturated heterocycles. The number of rotatable bonds is 3. The maximum atomic E-state index is 13.7. The molecular weight excluding hydrogens is 666 g/mol. The second kappa shape index (κ2) is 15.3. The minimum absolute atomic E-state index is 0.0316. The second-order valence-corrected chi connectivity index (χ2v) is 10.7. The molecule has 0 bridgehead atoms. The third-order valence-corrected chi connectivity index (χ3v) is 7.41. The number of imidazole rings is 1. The highest BCUT2D eigenvalue weighted by Crippen LogP contribution is 2.42. The molecule has 3 aliphatic rings. The molecule has 3 heterocycles. The van der Waals surface area contributed by atoms with Crippen LogP contribution in [-0.2, 0) is 26.5 Å². The Hall–Kier alpha value is -3.94. The van der Waals surface area contributed by atoms with Gasteiger partial charge in [-0.05, 0) is 50.8 Å². The highest BCUT2D eigenvalue weighted by atomic mass is 19.4. The number of piperidine rings is 1. The third kappa shape index (κ3) is 11.4. The van der Waals surface area contributed by atoms with Crippen LogP contribution in [0.2, 0.25) is 0 Å². The molecule has 0 atom stereocenters. The van der Waals surface area contributed by atoms with Crippen LogP contribution in [-0.4, -0.2) is 104 Å². The van der Waals surface area contributed by atoms with E-state index >= 15 is 0 Å². The lowest BCUT2D eigenvalue weighted by Gasteiger charge is -2.49. The van der Waals surface area contributed by atoms with Gasteiger partial charge in [0.25, 0.3) is 0 Å². The average Bonchev–Trinajstić information content (AvgIpc) is 3.65. The Morgan fingerprint density at radius 2 is 1.30 bits per heavy atom. The van der Waals surface area contributed by atoms with Crippen LogP contribution in [0, 0.1) is 11.7 Å². The van der Waals surface area contributed by atoms with Crippen molar-refractivity contribution in [1.82, 2.24) is 19.4 Å². The number of benzene rings is 1. The summed E-state index contributed by atoms with van der Waals surface area (Å²) in [5, 5.41) is 21.4. The second-order valence-electron chi connectivity index (χ2n) is 10.7. The molecule has 0 amide bonds. The molecule has 20 heteroatoms. The number of hydrogen-bond acceptors (Lipinski definition) is 6. The molecule has 1 aromatic carbocycles. The third-order valence-electron chi connectivity index (χ3n) is 7.41. The number of carboxylic acids is 3. The highest BCUT2D eigenvalue weighted by molar-refractivity contribution is 5.73. The van der Waals surface area contributed by atoms with E-state index in [-0.39, 0.29) is 11.4 Å². The number of carbonyl (C=O) groups is 3. The molecule has 47 heavy (non-hydrogen) atoms. The largest absolute Gasteiger partial charge is 0.490 e. The van der Waals surface area contributed by atoms with Crippen LogP contribution in [0.3, 0.4) is 0 Å². The van der Waals surface area contributed by atoms with E-state index in [4.69, 9.17) is 34.7 Å². The smallest absolute Gasteiger partial charge is 0.475 e. The fraction of sp³-hybridized carbons (Fsp3) is 0.556. The molecule has 1 spiro atoms. The number of aliphatic carboxylic acids is 3. The van der Waals surface area contributed by atoms with Crippen molar-refractivity contribution in [3.8, 4) is 11.3 Å². The molecule has 1 saturated carbocycles. The summed E-state index contributed by atoms with van der Waals surface area (Å²) in [6, 6.07) is 6.89. The van der Waals surface area contributed by atoms with Crippen LogP contribution in [0.15, 0.2) is 30.5 Å². The summed E-state index contributed by atoms with van der Waals surface area (Å²) in [7, 11) is 2.25. The zero-order valence-electron chi connectivity index (χ0n) is 24.5. The normalized spacial score (nSPS) is 17.9. The van der Waals surface area contributed by atoms with Crippen molar-refractivity contribution in [2.75, 3.05) is 33.2 Å². The minimum atomic E-state index is -5.08. The number of likely N-dealkylation sites (tertiary alicyclic amines) is 1. The van der Waals surface area contributed by atoms with E-state index in [2.05, 4.69) is 21.4 Å². The standard InChI is InChI=1S/C21H27FN4.3C2HF3O2/c1-24-11-12-26-19(17-3-2-4-18(22)13-17)14-23-20(26)21(24)7-9-25(10-8-21)15-16-5-6-16;3*3-2(4,5)1(6)7/h2-4,13-14,16H,5-12,15H2,1H3;3*(H,6,7). The number of fused-ring (bicyclic) bond motifs is 2. The first-order valence-corrected chi connectivity index (χ1v) is 13.6. The maximum Gasteiger partial charge on any atom is 0.490 e. The van der Waals surface area contributed by atoms with E-state index in [0.717, 1.165) is 56.2 Å². The molecule has 264 valence electrons. The fourth-order valence-corrected chi connectivity index (χ4v) is 4.86. The zero-order chi connectivity index (χ0) is 36.0. The summed E-state index contributed by atoms with van der Waals surface area (Å²) in [5.74, 6) is -6.33. The minimum Gasteiger partial charge on any atom is -0.475 e. The Bertz CT molecular complexity index is 1320. The van der Waals surface area contributed by atoms with Gasteiger partial charge in [-0.1, -0.05) is 12.1 Å². The van der Waals surface area contributed by atoms with E-state index in [9.17, 15) is 43.9 Å². The summed E-state index contributed by atoms with van der Waals surface area (Å²) in [6.45, 7) is 5.54. The molecule has 2 aromatic rings. The van der Waals surface area contributed by atoms with E-state index in [1.165, 1.54) is 31.3 Å². The molecule has 10 nitrogen and oxygen atoms in total. The fourth-order valence-electron chi connectivity index (χ4n) is 4.86. The lowest BCUT2D eigenvalue weighted by atomic mass is 9.83. The Morgan fingerprint density at radius 3 is 1.70 bits per heavy atom. The van der Waals surface area contributed by atoms with Gasteiger partial charge in [0, 0.05) is 38.3 Å². The summed E-state index contributed by atoms with van der Waals surface area (Å²) in [5.41, 5.74) is 2.01. The van der Waals surface area contributed by atoms with Gasteiger partial charge in [-0.25, -0.2) is 23.8 Å². The lowest BCUT2D eigenvalue weighted by Crippen LogP contribution is -2.56. The lowest BCUT2D eigenvalue weighted by molar-refractivity contribution is -0.193. The Balaban J connectivity index is 0.000000301. The van der Waals surface area contributed by atoms with Crippen LogP contribution >= 0.6 is 0 Å². The van der Waals surface area contributed by atoms with Crippen LogP contribution in [0.25, 0.3) is 11.3 Å². The molecule has 5 rings (SSSR count). The van der Waals surface area contributed by atoms with Gasteiger partial charge in [0.15, 0.2) is 0 Å². The van der Waals surface area contributed by atoms with E-state index in [0.29, 0.717) is 0 Å². The van der Waals surface area contributed by atoms with Gasteiger partial charge < -0.3 is 24.8 Å². The molecule has 2 aliphatic heterocycles. The van der Waals surface area contributed by atoms with Gasteiger partial charge >= 0.3 is 36.4 Å². The van der Waals surface area contributed by atoms with Crippen molar-refractivity contribution < 1.29 is 73.6 Å². The van der Waals surface area contributed by atoms with Crippen molar-refractivity contribution in [2.45, 2.75) is 56.3 Å². The first-order valence-electron chi connectivity index (χ1n) is 13.6. The van der Waals surface area contributed by atoms with E-state index < -0.39 is 36.4 Å². The number of aromatic nitrogens is 2. The first kappa shape index (κ1) is 39.2. The number of hydrogen-bond donors (Lipinski definition) is 3. The molecule has 1 aromatic heterocycles. The van der Waals surface area contributed by atoms with Crippen molar-refractivity contribution >= 4 is 17.9 Å². The predicted molar refractivity (Wildman–Crippen MR) is 141 cm³/mol. The topological polar surface area (TPSA) is 136 Å². The zero-order valence-corrected chi connectivity index (χ0v) is 24.5. The van der Waals surface area contributed by atoms with Gasteiger partial charge in [-0.3, -0.25) is 4.90 Å². The van der Waals surface area contributed by atoms with E-state index in [1.807, 2.05) is 12.3 Å². The van der Waals surface area contributed by atoms with Crippen molar-refractivity contribution in [2.24, 2.45) is 5.92 Å². The molecule has 2 fully saturated rings. The number of likely N-dealkylation sites (N-methyl/N-ethyl adjacent to an activating group) is 1. The number of carboxylic acid groups (broad SMARTS) is 3. The van der Waals surface area contributed by atoms with Gasteiger partial charge in [0.05, 0.1) is 17.4 Å². The summed E-state index contributed by atoms with van der Waals surface area (Å²) < 4.78 is 111. The highest BCUT2D eigenvalue weighted by Gasteiger charge is 2.46. The number of halogens is 10. The number of alkyl halides is 9. The molecule has 0 radical (unpaired) electrons. The monoisotopic (exact) mass is 696 g/mol. The molecule has 3 N–H and O–H groups in total. The SMILES string of the molecule is CN1CCn2c(-c3cccc(F)c3)cnc2C12CCN(CC1CC1)CC2.O=C(O)C(F)(F)F.O=C(O)C(F)(F)F.O=C(O)C(F)(F)F. The Morgan fingerprint density at radius 1 is 0.830 bits per heavy atom. The number of nitrogens with zero attached hydrogens (tertiary/aromatic N) is 4. The van der Waals surface area contributed by atoms with Crippen molar-refractivity contribution in [3.63, 3.8) is 0 Å². The van der Waals surface area contributed by atoms with Crippen LogP contribution in [0.4, 0.5) is 43.9 Å². The van der Waals surface area contributed by atoms with Crippen LogP contribution in [0.1, 0.15) is 31.5 Å². The Labute approximate surface area is 260 Å². The van der Waals surface area contributed by atoms with E-state index in [1.54, 1.807) is 12.1 Å². The van der Waals surface area contributed by atoms with Crippen molar-refractivity contribution in [1.29, 1.82) is 0 Å². The van der Waals surface area contributed by atoms with Gasteiger partial charge in [-0.2, -0.15) is 39.5 Å². The molecule has 0 unspecified atom stereocenters. The van der Waals surface area contributed by atoms with Gasteiger partial charge in [0.1, 0.15) is 11.6 Å². The average molecular weight is 697 g/mol. The maximum absolute atomic E-state index is 13.7.